The maximum absolute atomic E-state index is 14.3. The number of aliphatic hydroxyl groups excluding tert-OH is 2. The topological polar surface area (TPSA) is 156 Å². The highest BCUT2D eigenvalue weighted by molar-refractivity contribution is 6.24. The van der Waals surface area contributed by atoms with Gasteiger partial charge < -0.3 is 31.3 Å². The van der Waals surface area contributed by atoms with Crippen LogP contribution in [0.1, 0.15) is 43.9 Å². The lowest BCUT2D eigenvalue weighted by Gasteiger charge is -2.51. The number of aromatic hydroxyl groups is 1. The Morgan fingerprint density at radius 2 is 1.82 bits per heavy atom. The molecule has 1 amide bonds. The third-order valence-electron chi connectivity index (χ3n) is 8.59. The zero-order valence-electron chi connectivity index (χ0n) is 23.8. The number of aliphatic hydroxyl groups is 2. The first-order valence-corrected chi connectivity index (χ1v) is 13.3. The molecule has 3 aliphatic rings. The van der Waals surface area contributed by atoms with Gasteiger partial charge in [0.15, 0.2) is 11.6 Å². The van der Waals surface area contributed by atoms with Gasteiger partial charge >= 0.3 is 0 Å². The van der Waals surface area contributed by atoms with Crippen LogP contribution >= 0.6 is 0 Å². The second-order valence-electron chi connectivity index (χ2n) is 12.1. The van der Waals surface area contributed by atoms with Crippen molar-refractivity contribution in [3.8, 4) is 5.75 Å². The third kappa shape index (κ3) is 4.30. The standard InChI is InChI=1S/C29H40N4O6/c1-13(2)11-31-12-15-10-18(32(4)5)16-8-14-9-17-22(33(6)7)25(36)21(28(30)39)27(38)29(17,3)26(37)19(14)24(35)20(16)23(15)34/h10,13-14,17,22,31,34-35,38H,8-9,11-12H2,1-7H3,(H2,30,39)/t14-,17-,22?,29+/m0/s1. The van der Waals surface area contributed by atoms with Gasteiger partial charge in [0.25, 0.3) is 5.91 Å². The number of likely N-dealkylation sites (N-methyl/N-ethyl adjacent to an activating group) is 1. The van der Waals surface area contributed by atoms with Crippen LogP contribution in [0, 0.1) is 23.2 Å². The van der Waals surface area contributed by atoms with E-state index in [4.69, 9.17) is 5.73 Å². The maximum Gasteiger partial charge on any atom is 0.255 e. The zero-order valence-corrected chi connectivity index (χ0v) is 23.8. The van der Waals surface area contributed by atoms with Crippen LogP contribution in [0.15, 0.2) is 23.0 Å². The number of fused-ring (bicyclic) bond motifs is 3. The van der Waals surface area contributed by atoms with Crippen molar-refractivity contribution in [3.63, 3.8) is 0 Å². The number of carbonyl (C=O) groups is 3. The number of primary amides is 1. The SMILES string of the molecule is CC(C)CNCc1cc(N(C)C)c2c(c1O)C(O)=C1C(=O)[C@]3(C)C(O)=C(C(N)=O)C(=O)C(N(C)C)[C@@H]3C[C@@H]1C2. The zero-order chi connectivity index (χ0) is 29.1. The average molecular weight is 541 g/mol. The smallest absolute Gasteiger partial charge is 0.255 e. The molecule has 4 atom stereocenters. The predicted molar refractivity (Wildman–Crippen MR) is 148 cm³/mol. The second-order valence-corrected chi connectivity index (χ2v) is 12.1. The largest absolute Gasteiger partial charge is 0.510 e. The third-order valence-corrected chi connectivity index (χ3v) is 8.59. The van der Waals surface area contributed by atoms with Crippen LogP contribution in [-0.4, -0.2) is 78.5 Å². The number of anilines is 1. The molecule has 0 heterocycles. The number of benzene rings is 1. The molecule has 1 aromatic rings. The molecule has 0 aromatic heterocycles. The molecule has 0 saturated heterocycles. The van der Waals surface area contributed by atoms with Crippen molar-refractivity contribution in [1.29, 1.82) is 0 Å². The van der Waals surface area contributed by atoms with E-state index in [1.807, 2.05) is 25.1 Å². The van der Waals surface area contributed by atoms with E-state index in [1.54, 1.807) is 19.0 Å². The van der Waals surface area contributed by atoms with Crippen LogP contribution in [0.25, 0.3) is 5.76 Å². The summed E-state index contributed by atoms with van der Waals surface area (Å²) in [5.74, 6) is -4.07. The molecule has 10 heteroatoms. The number of phenolic OH excluding ortho intramolecular Hbond substituents is 1. The molecule has 4 rings (SSSR count). The van der Waals surface area contributed by atoms with Gasteiger partial charge in [-0.25, -0.2) is 0 Å². The number of hydrogen-bond acceptors (Lipinski definition) is 9. The second kappa shape index (κ2) is 9.98. The summed E-state index contributed by atoms with van der Waals surface area (Å²) >= 11 is 0. The summed E-state index contributed by atoms with van der Waals surface area (Å²) < 4.78 is 0. The summed E-state index contributed by atoms with van der Waals surface area (Å²) in [5, 5.41) is 37.5. The monoisotopic (exact) mass is 540 g/mol. The van der Waals surface area contributed by atoms with E-state index >= 15 is 0 Å². The van der Waals surface area contributed by atoms with Crippen molar-refractivity contribution in [2.24, 2.45) is 28.9 Å². The van der Waals surface area contributed by atoms with Gasteiger partial charge in [0.2, 0.25) is 0 Å². The number of phenols is 1. The summed E-state index contributed by atoms with van der Waals surface area (Å²) in [6, 6.07) is 1.04. The minimum absolute atomic E-state index is 0.0933. The molecule has 1 aromatic carbocycles. The fourth-order valence-electron chi connectivity index (χ4n) is 6.67. The van der Waals surface area contributed by atoms with E-state index in [0.717, 1.165) is 12.2 Å². The minimum Gasteiger partial charge on any atom is -0.510 e. The van der Waals surface area contributed by atoms with Crippen LogP contribution in [0.3, 0.4) is 0 Å². The molecule has 3 aliphatic carbocycles. The number of carbonyl (C=O) groups excluding carboxylic acids is 3. The highest BCUT2D eigenvalue weighted by Gasteiger charge is 2.62. The van der Waals surface area contributed by atoms with Crippen molar-refractivity contribution < 1.29 is 29.7 Å². The Hall–Kier alpha value is -3.37. The average Bonchev–Trinajstić information content (AvgIpc) is 2.81. The van der Waals surface area contributed by atoms with Crippen LogP contribution in [0.4, 0.5) is 5.69 Å². The number of amides is 1. The van der Waals surface area contributed by atoms with Crippen LogP contribution < -0.4 is 16.0 Å². The van der Waals surface area contributed by atoms with Crippen molar-refractivity contribution in [2.75, 3.05) is 39.6 Å². The Morgan fingerprint density at radius 1 is 1.18 bits per heavy atom. The van der Waals surface area contributed by atoms with Gasteiger partial charge in [-0.1, -0.05) is 13.8 Å². The van der Waals surface area contributed by atoms with E-state index in [2.05, 4.69) is 19.2 Å². The quantitative estimate of drug-likeness (QED) is 0.327. The Balaban J connectivity index is 1.93. The fourth-order valence-corrected chi connectivity index (χ4v) is 6.67. The molecule has 0 spiro atoms. The molecule has 6 N–H and O–H groups in total. The van der Waals surface area contributed by atoms with Gasteiger partial charge in [0.05, 0.1) is 17.0 Å². The van der Waals surface area contributed by atoms with Crippen molar-refractivity contribution in [2.45, 2.75) is 46.2 Å². The molecule has 1 fully saturated rings. The molecule has 212 valence electrons. The number of nitrogens with one attached hydrogen (secondary N) is 1. The number of ketones is 2. The van der Waals surface area contributed by atoms with Gasteiger partial charge in [0.1, 0.15) is 22.8 Å². The van der Waals surface area contributed by atoms with Gasteiger partial charge in [-0.15, -0.1) is 0 Å². The lowest BCUT2D eigenvalue weighted by molar-refractivity contribution is -0.139. The number of rotatable bonds is 7. The van der Waals surface area contributed by atoms with Crippen LogP contribution in [0.2, 0.25) is 0 Å². The Labute approximate surface area is 229 Å². The van der Waals surface area contributed by atoms with E-state index in [9.17, 15) is 29.7 Å². The van der Waals surface area contributed by atoms with Gasteiger partial charge in [-0.2, -0.15) is 0 Å². The van der Waals surface area contributed by atoms with Crippen molar-refractivity contribution in [1.82, 2.24) is 10.2 Å². The Kier molecular flexibility index (Phi) is 7.33. The molecule has 1 unspecified atom stereocenters. The molecule has 1 saturated carbocycles. The van der Waals surface area contributed by atoms with E-state index in [1.165, 1.54) is 6.92 Å². The molecule has 39 heavy (non-hydrogen) atoms. The molecular formula is C29H40N4O6. The summed E-state index contributed by atoms with van der Waals surface area (Å²) in [5.41, 5.74) is 5.68. The Morgan fingerprint density at radius 3 is 2.36 bits per heavy atom. The molecule has 0 aliphatic heterocycles. The van der Waals surface area contributed by atoms with Crippen molar-refractivity contribution >= 4 is 28.9 Å². The van der Waals surface area contributed by atoms with Crippen molar-refractivity contribution in [3.05, 3.63) is 39.7 Å². The number of nitrogens with zero attached hydrogens (tertiary/aromatic N) is 2. The first-order chi connectivity index (χ1) is 18.1. The van der Waals surface area contributed by atoms with E-state index in [0.29, 0.717) is 36.4 Å². The number of hydrogen-bond donors (Lipinski definition) is 5. The lowest BCUT2D eigenvalue weighted by Crippen LogP contribution is -2.60. The highest BCUT2D eigenvalue weighted by atomic mass is 16.3. The first-order valence-electron chi connectivity index (χ1n) is 13.3. The van der Waals surface area contributed by atoms with Gasteiger partial charge in [-0.05, 0) is 63.9 Å². The first kappa shape index (κ1) is 28.6. The van der Waals surface area contributed by atoms with Gasteiger partial charge in [0, 0.05) is 43.4 Å². The maximum atomic E-state index is 14.3. The molecule has 10 nitrogen and oxygen atoms in total. The minimum atomic E-state index is -1.65. The van der Waals surface area contributed by atoms with E-state index in [-0.39, 0.29) is 22.6 Å². The van der Waals surface area contributed by atoms with Crippen LogP contribution in [0.5, 0.6) is 5.75 Å². The number of nitrogens with two attached hydrogens (primary N) is 1. The molecular weight excluding hydrogens is 500 g/mol. The van der Waals surface area contributed by atoms with E-state index < -0.39 is 52.1 Å². The number of allylic oxidation sites excluding steroid dienone is 2. The number of Topliss-reactive ketones (excluding diaryl/α,β-unsaturated/α-hetero) is 2. The molecule has 0 radical (unpaired) electrons. The normalized spacial score (nSPS) is 26.6. The fraction of sp³-hybridized carbons (Fsp3) is 0.552. The summed E-state index contributed by atoms with van der Waals surface area (Å²) in [7, 11) is 7.13. The van der Waals surface area contributed by atoms with Gasteiger partial charge in [-0.3, -0.25) is 19.3 Å². The lowest BCUT2D eigenvalue weighted by atomic mass is 9.53. The Bertz CT molecular complexity index is 1310. The summed E-state index contributed by atoms with van der Waals surface area (Å²) in [6.07, 6.45) is 0.659. The van der Waals surface area contributed by atoms with Crippen LogP contribution in [-0.2, 0) is 27.3 Å². The molecule has 0 bridgehead atoms. The highest BCUT2D eigenvalue weighted by Crippen LogP contribution is 2.57. The summed E-state index contributed by atoms with van der Waals surface area (Å²) in [6.45, 7) is 6.77. The predicted octanol–water partition coefficient (Wildman–Crippen LogP) is 2.05. The summed E-state index contributed by atoms with van der Waals surface area (Å²) in [4.78, 5) is 43.4.